The van der Waals surface area contributed by atoms with E-state index in [1.807, 2.05) is 0 Å². The van der Waals surface area contributed by atoms with Crippen molar-refractivity contribution < 1.29 is 19.1 Å². The Hall–Kier alpha value is -2.39. The van der Waals surface area contributed by atoms with Crippen LogP contribution in [-0.4, -0.2) is 53.5 Å². The molecule has 1 amide bonds. The van der Waals surface area contributed by atoms with E-state index < -0.39 is 11.2 Å². The molecule has 1 aliphatic carbocycles. The summed E-state index contributed by atoms with van der Waals surface area (Å²) >= 11 is 1.24. The molecule has 0 radical (unpaired) electrons. The van der Waals surface area contributed by atoms with Crippen molar-refractivity contribution in [1.82, 2.24) is 14.9 Å². The molecule has 1 atom stereocenters. The molecule has 1 fully saturated rings. The molecule has 1 aliphatic rings. The number of hydrogen-bond acceptors (Lipinski definition) is 7. The molecule has 1 heterocycles. The van der Waals surface area contributed by atoms with Gasteiger partial charge >= 0.3 is 5.97 Å². The van der Waals surface area contributed by atoms with Crippen LogP contribution < -0.4 is 10.9 Å². The van der Waals surface area contributed by atoms with Crippen LogP contribution in [0.1, 0.15) is 36.5 Å². The van der Waals surface area contributed by atoms with Crippen LogP contribution in [-0.2, 0) is 20.8 Å². The van der Waals surface area contributed by atoms with Gasteiger partial charge in [-0.25, -0.2) is 9.78 Å². The Bertz CT molecular complexity index is 970. The first-order valence-corrected chi connectivity index (χ1v) is 10.4. The zero-order valence-corrected chi connectivity index (χ0v) is 17.6. The van der Waals surface area contributed by atoms with Gasteiger partial charge in [0.05, 0.1) is 28.8 Å². The molecule has 8 nitrogen and oxygen atoms in total. The first kappa shape index (κ1) is 21.3. The molecule has 1 aromatic carbocycles. The first-order chi connectivity index (χ1) is 13.9. The lowest BCUT2D eigenvalue weighted by Gasteiger charge is -2.16. The minimum atomic E-state index is -0.496. The van der Waals surface area contributed by atoms with Crippen LogP contribution >= 0.6 is 11.8 Å². The fourth-order valence-corrected chi connectivity index (χ4v) is 3.80. The Kier molecular flexibility index (Phi) is 6.92. The number of fused-ring (bicyclic) bond motifs is 1. The van der Waals surface area contributed by atoms with Crippen LogP contribution in [0.25, 0.3) is 10.9 Å². The average molecular weight is 420 g/mol. The summed E-state index contributed by atoms with van der Waals surface area (Å²) in [5.41, 5.74) is 0.512. The van der Waals surface area contributed by atoms with Crippen LogP contribution in [0.3, 0.4) is 0 Å². The standard InChI is InChI=1S/C20H25N3O5S/c1-12(17(24)21-14-6-7-14)29-20-22-16-11-13(19(26)28-3)5-8-15(16)18(25)23(20)9-4-10-27-2/h5,8,11-12,14H,4,6-7,9-10H2,1-3H3,(H,21,24)/t12-/m1/s1. The monoisotopic (exact) mass is 419 g/mol. The number of benzene rings is 1. The first-order valence-electron chi connectivity index (χ1n) is 9.53. The fourth-order valence-electron chi connectivity index (χ4n) is 2.86. The normalized spacial score (nSPS) is 14.6. The van der Waals surface area contributed by atoms with E-state index in [-0.39, 0.29) is 17.5 Å². The zero-order chi connectivity index (χ0) is 21.0. The van der Waals surface area contributed by atoms with Gasteiger partial charge in [0.25, 0.3) is 5.56 Å². The van der Waals surface area contributed by atoms with E-state index in [2.05, 4.69) is 10.3 Å². The number of nitrogens with zero attached hydrogens (tertiary/aromatic N) is 2. The maximum absolute atomic E-state index is 13.1. The largest absolute Gasteiger partial charge is 0.465 e. The summed E-state index contributed by atoms with van der Waals surface area (Å²) in [6, 6.07) is 4.94. The molecule has 9 heteroatoms. The highest BCUT2D eigenvalue weighted by atomic mass is 32.2. The van der Waals surface area contributed by atoms with Gasteiger partial charge in [0.1, 0.15) is 0 Å². The maximum atomic E-state index is 13.1. The molecule has 0 saturated heterocycles. The Morgan fingerprint density at radius 1 is 1.34 bits per heavy atom. The number of aromatic nitrogens is 2. The fraction of sp³-hybridized carbons (Fsp3) is 0.500. The van der Waals surface area contributed by atoms with E-state index >= 15 is 0 Å². The van der Waals surface area contributed by atoms with E-state index in [0.717, 1.165) is 12.8 Å². The van der Waals surface area contributed by atoms with Crippen molar-refractivity contribution in [3.05, 3.63) is 34.1 Å². The lowest BCUT2D eigenvalue weighted by atomic mass is 10.1. The molecule has 156 valence electrons. The van der Waals surface area contributed by atoms with E-state index in [4.69, 9.17) is 9.47 Å². The number of rotatable bonds is 9. The Labute approximate surface area is 173 Å². The van der Waals surface area contributed by atoms with E-state index in [1.165, 1.54) is 18.9 Å². The van der Waals surface area contributed by atoms with Crippen molar-refractivity contribution >= 4 is 34.5 Å². The second-order valence-electron chi connectivity index (χ2n) is 6.96. The topological polar surface area (TPSA) is 99.5 Å². The Morgan fingerprint density at radius 2 is 2.10 bits per heavy atom. The van der Waals surface area contributed by atoms with Crippen molar-refractivity contribution in [3.8, 4) is 0 Å². The van der Waals surface area contributed by atoms with Crippen molar-refractivity contribution in [3.63, 3.8) is 0 Å². The SMILES string of the molecule is COCCCn1c(S[C@H](C)C(=O)NC2CC2)nc2cc(C(=O)OC)ccc2c1=O. The number of amides is 1. The van der Waals surface area contributed by atoms with E-state index in [9.17, 15) is 14.4 Å². The van der Waals surface area contributed by atoms with Crippen molar-refractivity contribution in [2.45, 2.75) is 49.2 Å². The molecule has 1 aromatic heterocycles. The summed E-state index contributed by atoms with van der Waals surface area (Å²) in [5.74, 6) is -0.567. The molecule has 0 aliphatic heterocycles. The quantitative estimate of drug-likeness (QED) is 0.287. The Balaban J connectivity index is 1.97. The number of thioether (sulfide) groups is 1. The molecule has 0 unspecified atom stereocenters. The zero-order valence-electron chi connectivity index (χ0n) is 16.8. The summed E-state index contributed by atoms with van der Waals surface area (Å²) < 4.78 is 11.4. The number of methoxy groups -OCH3 is 2. The predicted octanol–water partition coefficient (Wildman–Crippen LogP) is 1.98. The van der Waals surface area contributed by atoms with Gasteiger partial charge in [-0.2, -0.15) is 0 Å². The van der Waals surface area contributed by atoms with Gasteiger partial charge < -0.3 is 14.8 Å². The molecular formula is C20H25N3O5S. The summed E-state index contributed by atoms with van der Waals surface area (Å²) in [6.07, 6.45) is 2.66. The minimum absolute atomic E-state index is 0.0707. The smallest absolute Gasteiger partial charge is 0.337 e. The van der Waals surface area contributed by atoms with Crippen molar-refractivity contribution in [2.75, 3.05) is 20.8 Å². The minimum Gasteiger partial charge on any atom is -0.465 e. The number of nitrogens with one attached hydrogen (secondary N) is 1. The van der Waals surface area contributed by atoms with Crippen LogP contribution in [0.4, 0.5) is 0 Å². The number of hydrogen-bond donors (Lipinski definition) is 1. The number of esters is 1. The molecular weight excluding hydrogens is 394 g/mol. The van der Waals surface area contributed by atoms with Gasteiger partial charge in [-0.15, -0.1) is 0 Å². The molecule has 29 heavy (non-hydrogen) atoms. The molecule has 0 spiro atoms. The summed E-state index contributed by atoms with van der Waals surface area (Å²) in [5, 5.41) is 3.42. The van der Waals surface area contributed by atoms with E-state index in [0.29, 0.717) is 41.2 Å². The molecule has 1 saturated carbocycles. The highest BCUT2D eigenvalue weighted by Gasteiger charge is 2.27. The summed E-state index contributed by atoms with van der Waals surface area (Å²) in [6.45, 7) is 2.73. The van der Waals surface area contributed by atoms with Gasteiger partial charge in [0.15, 0.2) is 5.16 Å². The van der Waals surface area contributed by atoms with E-state index in [1.54, 1.807) is 36.8 Å². The average Bonchev–Trinajstić information content (AvgIpc) is 3.53. The molecule has 2 aromatic rings. The lowest BCUT2D eigenvalue weighted by molar-refractivity contribution is -0.120. The molecule has 0 bridgehead atoms. The van der Waals surface area contributed by atoms with Gasteiger partial charge in [0, 0.05) is 26.3 Å². The van der Waals surface area contributed by atoms with Crippen LogP contribution in [0.2, 0.25) is 0 Å². The highest BCUT2D eigenvalue weighted by Crippen LogP contribution is 2.25. The molecule has 1 N–H and O–H groups in total. The molecule has 3 rings (SSSR count). The van der Waals surface area contributed by atoms with Gasteiger partial charge in [-0.3, -0.25) is 14.2 Å². The van der Waals surface area contributed by atoms with Gasteiger partial charge in [-0.05, 0) is 44.4 Å². The lowest BCUT2D eigenvalue weighted by Crippen LogP contribution is -2.33. The van der Waals surface area contributed by atoms with Gasteiger partial charge in [-0.1, -0.05) is 11.8 Å². The van der Waals surface area contributed by atoms with Crippen LogP contribution in [0, 0.1) is 0 Å². The second kappa shape index (κ2) is 9.41. The van der Waals surface area contributed by atoms with Crippen molar-refractivity contribution in [2.24, 2.45) is 0 Å². The summed E-state index contributed by atoms with van der Waals surface area (Å²) in [4.78, 5) is 41.9. The number of carbonyl (C=O) groups excluding carboxylic acids is 2. The maximum Gasteiger partial charge on any atom is 0.337 e. The summed E-state index contributed by atoms with van der Waals surface area (Å²) in [7, 11) is 2.91. The van der Waals surface area contributed by atoms with Crippen LogP contribution in [0.15, 0.2) is 28.2 Å². The van der Waals surface area contributed by atoms with Crippen molar-refractivity contribution in [1.29, 1.82) is 0 Å². The predicted molar refractivity (Wildman–Crippen MR) is 110 cm³/mol. The third kappa shape index (κ3) is 5.16. The Morgan fingerprint density at radius 3 is 2.76 bits per heavy atom. The second-order valence-corrected chi connectivity index (χ2v) is 8.27. The third-order valence-corrected chi connectivity index (χ3v) is 5.74. The van der Waals surface area contributed by atoms with Gasteiger partial charge in [0.2, 0.25) is 5.91 Å². The number of carbonyl (C=O) groups is 2. The van der Waals surface area contributed by atoms with Crippen LogP contribution in [0.5, 0.6) is 0 Å². The third-order valence-electron chi connectivity index (χ3n) is 4.65. The number of ether oxygens (including phenoxy) is 2. The highest BCUT2D eigenvalue weighted by molar-refractivity contribution is 8.00.